The summed E-state index contributed by atoms with van der Waals surface area (Å²) in [6.07, 6.45) is 5.79. The Balaban J connectivity index is 2.57. The average molecular weight is 247 g/mol. The summed E-state index contributed by atoms with van der Waals surface area (Å²) in [6, 6.07) is 0. The summed E-state index contributed by atoms with van der Waals surface area (Å²) in [6.45, 7) is 4.45. The van der Waals surface area contributed by atoms with Crippen LogP contribution in [0.5, 0.6) is 0 Å². The maximum Gasteiger partial charge on any atom is 0.120 e. The predicted octanol–water partition coefficient (Wildman–Crippen LogP) is 4.00. The third-order valence-corrected chi connectivity index (χ3v) is 3.87. The molecule has 0 saturated heterocycles. The minimum Gasteiger partial charge on any atom is -0.144 e. The van der Waals surface area contributed by atoms with Crippen molar-refractivity contribution in [1.82, 2.24) is 10.2 Å². The Hall–Kier alpha value is -0.150. The van der Waals surface area contributed by atoms with Gasteiger partial charge in [0, 0.05) is 18.2 Å². The van der Waals surface area contributed by atoms with Crippen molar-refractivity contribution < 1.29 is 0 Å². The van der Waals surface area contributed by atoms with Crippen molar-refractivity contribution in [3.8, 4) is 0 Å². The molecule has 0 spiro atoms. The number of aromatic nitrogens is 2. The number of nitrogens with zero attached hydrogens (tertiary/aromatic N) is 2. The van der Waals surface area contributed by atoms with Crippen molar-refractivity contribution in [3.05, 3.63) is 10.0 Å². The molecule has 0 bridgehead atoms. The van der Waals surface area contributed by atoms with Crippen LogP contribution in [0.15, 0.2) is 0 Å². The Morgan fingerprint density at radius 3 is 2.73 bits per heavy atom. The summed E-state index contributed by atoms with van der Waals surface area (Å²) in [5.74, 6) is 1.24. The second kappa shape index (κ2) is 7.18. The van der Waals surface area contributed by atoms with Gasteiger partial charge in [-0.15, -0.1) is 33.1 Å². The van der Waals surface area contributed by atoms with E-state index in [0.29, 0.717) is 11.8 Å². The van der Waals surface area contributed by atoms with Crippen LogP contribution in [0.25, 0.3) is 0 Å². The fraction of sp³-hybridized carbons (Fsp3) is 0.818. The lowest BCUT2D eigenvalue weighted by molar-refractivity contribution is 0.563. The third kappa shape index (κ3) is 4.07. The number of hydrogen-bond donors (Lipinski definition) is 0. The molecule has 0 aromatic carbocycles. The van der Waals surface area contributed by atoms with Crippen LogP contribution in [0.2, 0.25) is 0 Å². The summed E-state index contributed by atoms with van der Waals surface area (Å²) in [4.78, 5) is 0. The Labute approximate surface area is 101 Å². The second-order valence-corrected chi connectivity index (χ2v) is 5.19. The van der Waals surface area contributed by atoms with E-state index in [4.69, 9.17) is 11.6 Å². The second-order valence-electron chi connectivity index (χ2n) is 3.72. The molecule has 86 valence electrons. The SMILES string of the molecule is CCCCC(CC)c1nnc(CCCl)s1. The fourth-order valence-electron chi connectivity index (χ4n) is 1.57. The van der Waals surface area contributed by atoms with Gasteiger partial charge in [0.05, 0.1) is 0 Å². The van der Waals surface area contributed by atoms with Gasteiger partial charge in [0.15, 0.2) is 0 Å². The molecule has 0 radical (unpaired) electrons. The van der Waals surface area contributed by atoms with E-state index in [-0.39, 0.29) is 0 Å². The molecule has 2 nitrogen and oxygen atoms in total. The highest BCUT2D eigenvalue weighted by molar-refractivity contribution is 7.11. The minimum atomic E-state index is 0.603. The molecule has 15 heavy (non-hydrogen) atoms. The van der Waals surface area contributed by atoms with Gasteiger partial charge in [-0.1, -0.05) is 26.7 Å². The predicted molar refractivity (Wildman–Crippen MR) is 66.9 cm³/mol. The Morgan fingerprint density at radius 1 is 1.33 bits per heavy atom. The topological polar surface area (TPSA) is 25.8 Å². The maximum absolute atomic E-state index is 5.68. The number of aryl methyl sites for hydroxylation is 1. The van der Waals surface area contributed by atoms with Gasteiger partial charge in [-0.05, 0) is 12.8 Å². The Morgan fingerprint density at radius 2 is 2.13 bits per heavy atom. The minimum absolute atomic E-state index is 0.603. The molecule has 0 N–H and O–H groups in total. The summed E-state index contributed by atoms with van der Waals surface area (Å²) >= 11 is 7.42. The van der Waals surface area contributed by atoms with Crippen molar-refractivity contribution in [2.24, 2.45) is 0 Å². The molecule has 1 atom stereocenters. The quantitative estimate of drug-likeness (QED) is 0.680. The molecule has 1 aromatic rings. The molecule has 1 rings (SSSR count). The zero-order valence-corrected chi connectivity index (χ0v) is 11.1. The average Bonchev–Trinajstić information content (AvgIpc) is 2.68. The highest BCUT2D eigenvalue weighted by Crippen LogP contribution is 2.28. The lowest BCUT2D eigenvalue weighted by Crippen LogP contribution is -1.96. The monoisotopic (exact) mass is 246 g/mol. The van der Waals surface area contributed by atoms with Gasteiger partial charge >= 0.3 is 0 Å². The summed E-state index contributed by atoms with van der Waals surface area (Å²) in [7, 11) is 0. The van der Waals surface area contributed by atoms with Crippen LogP contribution in [-0.2, 0) is 6.42 Å². The van der Waals surface area contributed by atoms with Crippen LogP contribution < -0.4 is 0 Å². The first kappa shape index (κ1) is 12.9. The van der Waals surface area contributed by atoms with E-state index in [1.165, 1.54) is 24.3 Å². The standard InChI is InChI=1S/C11H19ClN2S/c1-3-5-6-9(4-2)11-14-13-10(15-11)7-8-12/h9H,3-8H2,1-2H3. The van der Waals surface area contributed by atoms with E-state index >= 15 is 0 Å². The zero-order chi connectivity index (χ0) is 11.1. The highest BCUT2D eigenvalue weighted by Gasteiger charge is 2.14. The third-order valence-electron chi connectivity index (χ3n) is 2.54. The van der Waals surface area contributed by atoms with Crippen molar-refractivity contribution >= 4 is 22.9 Å². The van der Waals surface area contributed by atoms with Gasteiger partial charge in [0.1, 0.15) is 10.0 Å². The van der Waals surface area contributed by atoms with Crippen LogP contribution in [0, 0.1) is 0 Å². The molecular weight excluding hydrogens is 228 g/mol. The largest absolute Gasteiger partial charge is 0.144 e. The van der Waals surface area contributed by atoms with Crippen LogP contribution >= 0.6 is 22.9 Å². The molecule has 0 aliphatic carbocycles. The normalized spacial score (nSPS) is 13.0. The lowest BCUT2D eigenvalue weighted by Gasteiger charge is -2.09. The van der Waals surface area contributed by atoms with Gasteiger partial charge in [-0.3, -0.25) is 0 Å². The smallest absolute Gasteiger partial charge is 0.120 e. The van der Waals surface area contributed by atoms with Crippen molar-refractivity contribution in [2.45, 2.75) is 51.9 Å². The Kier molecular flexibility index (Phi) is 6.18. The molecular formula is C11H19ClN2S. The number of hydrogen-bond acceptors (Lipinski definition) is 3. The van der Waals surface area contributed by atoms with E-state index < -0.39 is 0 Å². The van der Waals surface area contributed by atoms with E-state index in [9.17, 15) is 0 Å². The number of unbranched alkanes of at least 4 members (excludes halogenated alkanes) is 1. The molecule has 0 amide bonds. The molecule has 1 heterocycles. The van der Waals surface area contributed by atoms with Gasteiger partial charge in [0.25, 0.3) is 0 Å². The van der Waals surface area contributed by atoms with Gasteiger partial charge in [-0.2, -0.15) is 0 Å². The number of rotatable bonds is 7. The van der Waals surface area contributed by atoms with Gasteiger partial charge < -0.3 is 0 Å². The summed E-state index contributed by atoms with van der Waals surface area (Å²) in [5.41, 5.74) is 0. The zero-order valence-electron chi connectivity index (χ0n) is 9.50. The number of halogens is 1. The highest BCUT2D eigenvalue weighted by atomic mass is 35.5. The maximum atomic E-state index is 5.68. The first-order chi connectivity index (χ1) is 7.31. The molecule has 0 aliphatic rings. The van der Waals surface area contributed by atoms with E-state index in [1.807, 2.05) is 0 Å². The first-order valence-corrected chi connectivity index (χ1v) is 7.05. The Bertz CT molecular complexity index is 275. The fourth-order valence-corrected chi connectivity index (χ4v) is 2.92. The van der Waals surface area contributed by atoms with E-state index in [0.717, 1.165) is 17.8 Å². The van der Waals surface area contributed by atoms with Gasteiger partial charge in [-0.25, -0.2) is 0 Å². The van der Waals surface area contributed by atoms with E-state index in [2.05, 4.69) is 24.0 Å². The van der Waals surface area contributed by atoms with Crippen LogP contribution in [-0.4, -0.2) is 16.1 Å². The first-order valence-electron chi connectivity index (χ1n) is 5.70. The molecule has 4 heteroatoms. The summed E-state index contributed by atoms with van der Waals surface area (Å²) < 4.78 is 0. The lowest BCUT2D eigenvalue weighted by atomic mass is 10.0. The summed E-state index contributed by atoms with van der Waals surface area (Å²) in [5, 5.41) is 10.7. The van der Waals surface area contributed by atoms with Crippen LogP contribution in [0.3, 0.4) is 0 Å². The van der Waals surface area contributed by atoms with E-state index in [1.54, 1.807) is 11.3 Å². The van der Waals surface area contributed by atoms with Crippen molar-refractivity contribution in [3.63, 3.8) is 0 Å². The molecule has 0 aliphatic heterocycles. The van der Waals surface area contributed by atoms with Crippen molar-refractivity contribution in [2.75, 3.05) is 5.88 Å². The van der Waals surface area contributed by atoms with Crippen LogP contribution in [0.1, 0.15) is 55.5 Å². The number of alkyl halides is 1. The molecule has 0 saturated carbocycles. The molecule has 1 unspecified atom stereocenters. The molecule has 0 fully saturated rings. The molecule has 1 aromatic heterocycles. The van der Waals surface area contributed by atoms with Crippen LogP contribution in [0.4, 0.5) is 0 Å². The van der Waals surface area contributed by atoms with Crippen molar-refractivity contribution in [1.29, 1.82) is 0 Å². The van der Waals surface area contributed by atoms with Gasteiger partial charge in [0.2, 0.25) is 0 Å².